The van der Waals surface area contributed by atoms with Gasteiger partial charge in [-0.05, 0) is 51.2 Å². The molecule has 3 nitrogen and oxygen atoms in total. The normalized spacial score (nSPS) is 12.4. The molecule has 1 aliphatic rings. The van der Waals surface area contributed by atoms with Crippen LogP contribution in [0.25, 0.3) is 114 Å². The van der Waals surface area contributed by atoms with Crippen LogP contribution in [-0.4, -0.2) is 14.5 Å². The number of rotatable bonds is 2. The van der Waals surface area contributed by atoms with Gasteiger partial charge in [0.25, 0.3) is 0 Å². The van der Waals surface area contributed by atoms with Crippen molar-refractivity contribution in [2.75, 3.05) is 0 Å². The Morgan fingerprint density at radius 2 is 1.08 bits per heavy atom. The van der Waals surface area contributed by atoms with Crippen molar-refractivity contribution in [1.82, 2.24) is 14.5 Å². The third-order valence-electron chi connectivity index (χ3n) is 10.7. The summed E-state index contributed by atoms with van der Waals surface area (Å²) >= 11 is 1.90. The Morgan fingerprint density at radius 1 is 0.420 bits per heavy atom. The van der Waals surface area contributed by atoms with Gasteiger partial charge in [-0.1, -0.05) is 133 Å². The number of hydrogen-bond donors (Lipinski definition) is 0. The smallest absolute Gasteiger partial charge is 0.235 e. The first-order valence-corrected chi connectivity index (χ1v) is 17.8. The molecule has 0 fully saturated rings. The molecule has 0 unspecified atom stereocenters. The van der Waals surface area contributed by atoms with Crippen LogP contribution in [0.4, 0.5) is 0 Å². The first-order chi connectivity index (χ1) is 24.8. The zero-order chi connectivity index (χ0) is 32.5. The first-order valence-electron chi connectivity index (χ1n) is 17.0. The Morgan fingerprint density at radius 3 is 1.94 bits per heavy atom. The van der Waals surface area contributed by atoms with Crippen LogP contribution in [0.15, 0.2) is 152 Å². The van der Waals surface area contributed by atoms with Crippen LogP contribution in [0.2, 0.25) is 0 Å². The van der Waals surface area contributed by atoms with Crippen molar-refractivity contribution in [2.45, 2.75) is 0 Å². The molecule has 0 saturated heterocycles. The summed E-state index contributed by atoms with van der Waals surface area (Å²) in [5, 5.41) is 11.1. The van der Waals surface area contributed by atoms with Crippen LogP contribution in [0.3, 0.4) is 0 Å². The van der Waals surface area contributed by atoms with Crippen LogP contribution >= 0.6 is 11.3 Å². The van der Waals surface area contributed by atoms with Gasteiger partial charge in [-0.15, -0.1) is 11.3 Å². The molecule has 4 heteroatoms. The van der Waals surface area contributed by atoms with E-state index in [0.29, 0.717) is 5.95 Å². The highest BCUT2D eigenvalue weighted by Gasteiger charge is 2.29. The molecule has 1 aliphatic carbocycles. The van der Waals surface area contributed by atoms with E-state index < -0.39 is 0 Å². The predicted molar refractivity (Wildman–Crippen MR) is 212 cm³/mol. The summed E-state index contributed by atoms with van der Waals surface area (Å²) in [6.07, 6.45) is 0. The molecule has 8 aromatic carbocycles. The van der Waals surface area contributed by atoms with Gasteiger partial charge in [0.2, 0.25) is 5.95 Å². The second-order valence-corrected chi connectivity index (χ2v) is 14.3. The number of thiophene rings is 1. The lowest BCUT2D eigenvalue weighted by Crippen LogP contribution is -2.04. The highest BCUT2D eigenvalue weighted by atomic mass is 32.1. The van der Waals surface area contributed by atoms with Gasteiger partial charge in [0.1, 0.15) is 0 Å². The van der Waals surface area contributed by atoms with E-state index in [1.807, 2.05) is 11.3 Å². The molecule has 3 aromatic heterocycles. The minimum Gasteiger partial charge on any atom is -0.277 e. The Bertz CT molecular complexity index is 3260. The quantitative estimate of drug-likeness (QED) is 0.186. The van der Waals surface area contributed by atoms with Gasteiger partial charge in [-0.25, -0.2) is 9.97 Å². The van der Waals surface area contributed by atoms with Crippen LogP contribution in [0.1, 0.15) is 0 Å². The lowest BCUT2D eigenvalue weighted by atomic mass is 9.97. The Hall–Kier alpha value is -6.36. The summed E-state index contributed by atoms with van der Waals surface area (Å²) in [7, 11) is 0. The average molecular weight is 652 g/mol. The van der Waals surface area contributed by atoms with E-state index in [1.54, 1.807) is 0 Å². The SMILES string of the molecule is c1ccc(-c2nc(-n3c4c5cccc6c5c(cc4c4c5sc7ccccc7c5c5ccccc5c43)-c3ccccc3-6)nc3ccccc23)cc1. The lowest BCUT2D eigenvalue weighted by Gasteiger charge is -2.14. The van der Waals surface area contributed by atoms with Crippen molar-refractivity contribution in [2.24, 2.45) is 0 Å². The summed E-state index contributed by atoms with van der Waals surface area (Å²) in [4.78, 5) is 10.9. The van der Waals surface area contributed by atoms with Crippen molar-refractivity contribution in [3.05, 3.63) is 152 Å². The van der Waals surface area contributed by atoms with E-state index in [1.165, 1.54) is 74.7 Å². The second kappa shape index (κ2) is 9.63. The van der Waals surface area contributed by atoms with E-state index in [4.69, 9.17) is 9.97 Å². The molecule has 0 radical (unpaired) electrons. The zero-order valence-electron chi connectivity index (χ0n) is 26.7. The lowest BCUT2D eigenvalue weighted by molar-refractivity contribution is 1.02. The molecule has 230 valence electrons. The molecule has 0 bridgehead atoms. The van der Waals surface area contributed by atoms with Gasteiger partial charge < -0.3 is 0 Å². The third-order valence-corrected chi connectivity index (χ3v) is 11.9. The number of benzene rings is 8. The van der Waals surface area contributed by atoms with E-state index >= 15 is 0 Å². The topological polar surface area (TPSA) is 30.7 Å². The number of para-hydroxylation sites is 1. The van der Waals surface area contributed by atoms with E-state index in [0.717, 1.165) is 33.2 Å². The van der Waals surface area contributed by atoms with E-state index in [-0.39, 0.29) is 0 Å². The van der Waals surface area contributed by atoms with Crippen LogP contribution in [0, 0.1) is 0 Å². The fraction of sp³-hybridized carbons (Fsp3) is 0. The largest absolute Gasteiger partial charge is 0.277 e. The molecular formula is C46H25N3S. The minimum absolute atomic E-state index is 0.685. The zero-order valence-corrected chi connectivity index (χ0v) is 27.5. The fourth-order valence-corrected chi connectivity index (χ4v) is 9.98. The van der Waals surface area contributed by atoms with Crippen LogP contribution in [-0.2, 0) is 0 Å². The minimum atomic E-state index is 0.685. The van der Waals surface area contributed by atoms with Gasteiger partial charge in [-0.2, -0.15) is 0 Å². The number of fused-ring (bicyclic) bond motifs is 15. The maximum Gasteiger partial charge on any atom is 0.235 e. The van der Waals surface area contributed by atoms with Crippen LogP contribution < -0.4 is 0 Å². The molecule has 0 saturated carbocycles. The molecule has 0 amide bonds. The molecular weight excluding hydrogens is 627 g/mol. The second-order valence-electron chi connectivity index (χ2n) is 13.3. The number of nitrogens with zero attached hydrogens (tertiary/aromatic N) is 3. The fourth-order valence-electron chi connectivity index (χ4n) is 8.70. The molecule has 0 atom stereocenters. The summed E-state index contributed by atoms with van der Waals surface area (Å²) < 4.78 is 5.00. The average Bonchev–Trinajstić information content (AvgIpc) is 3.84. The molecule has 0 aliphatic heterocycles. The Labute approximate surface area is 290 Å². The monoisotopic (exact) mass is 651 g/mol. The maximum atomic E-state index is 5.51. The molecule has 50 heavy (non-hydrogen) atoms. The number of aromatic nitrogens is 3. The summed E-state index contributed by atoms with van der Waals surface area (Å²) in [6, 6.07) is 54.8. The van der Waals surface area contributed by atoms with Gasteiger partial charge in [0.15, 0.2) is 0 Å². The van der Waals surface area contributed by atoms with Gasteiger partial charge in [-0.3, -0.25) is 4.57 Å². The van der Waals surface area contributed by atoms with Gasteiger partial charge in [0, 0.05) is 52.7 Å². The van der Waals surface area contributed by atoms with Crippen molar-refractivity contribution in [3.63, 3.8) is 0 Å². The van der Waals surface area contributed by atoms with Crippen molar-refractivity contribution in [3.8, 4) is 39.5 Å². The maximum absolute atomic E-state index is 5.51. The standard InChI is InChI=1S/C46H25N3S/c1-2-13-26(14-3-1)42-32-19-8-10-23-37(32)47-46(48-42)49-43-34-22-12-21-29-27-15-4-5-16-28(27)35(39(29)34)25-36(43)41-44(49)31-18-7-6-17-30(31)40-33-20-9-11-24-38(33)50-45(40)41/h1-25H. The third kappa shape index (κ3) is 3.33. The van der Waals surface area contributed by atoms with Gasteiger partial charge in [0.05, 0.1) is 22.2 Å². The van der Waals surface area contributed by atoms with E-state index in [2.05, 4.69) is 156 Å². The summed E-state index contributed by atoms with van der Waals surface area (Å²) in [5.41, 5.74) is 10.4. The molecule has 12 rings (SSSR count). The highest BCUT2D eigenvalue weighted by molar-refractivity contribution is 7.27. The first kappa shape index (κ1) is 26.6. The molecule has 3 heterocycles. The molecule has 11 aromatic rings. The number of hydrogen-bond acceptors (Lipinski definition) is 3. The van der Waals surface area contributed by atoms with Crippen molar-refractivity contribution < 1.29 is 0 Å². The van der Waals surface area contributed by atoms with Crippen LogP contribution in [0.5, 0.6) is 0 Å². The van der Waals surface area contributed by atoms with Crippen molar-refractivity contribution >= 4 is 85.8 Å². The molecule has 0 N–H and O–H groups in total. The van der Waals surface area contributed by atoms with Crippen molar-refractivity contribution in [1.29, 1.82) is 0 Å². The molecule has 0 spiro atoms. The van der Waals surface area contributed by atoms with Gasteiger partial charge >= 0.3 is 0 Å². The summed E-state index contributed by atoms with van der Waals surface area (Å²) in [6.45, 7) is 0. The highest BCUT2D eigenvalue weighted by Crippen LogP contribution is 2.54. The summed E-state index contributed by atoms with van der Waals surface area (Å²) in [5.74, 6) is 0.685. The Kier molecular flexibility index (Phi) is 5.12. The predicted octanol–water partition coefficient (Wildman–Crippen LogP) is 12.7. The van der Waals surface area contributed by atoms with E-state index in [9.17, 15) is 0 Å². The Balaban J connectivity index is 1.37.